The second-order valence-electron chi connectivity index (χ2n) is 3.39. The maximum absolute atomic E-state index is 4.66. The van der Waals surface area contributed by atoms with E-state index >= 15 is 0 Å². The first kappa shape index (κ1) is 8.42. The second kappa shape index (κ2) is 3.35. The molecule has 1 N–H and O–H groups in total. The van der Waals surface area contributed by atoms with Crippen molar-refractivity contribution in [2.75, 3.05) is 13.1 Å². The Morgan fingerprint density at radius 1 is 1.29 bits per heavy atom. The molecule has 3 heteroatoms. The summed E-state index contributed by atoms with van der Waals surface area (Å²) in [5.41, 5.74) is 2.60. The summed E-state index contributed by atoms with van der Waals surface area (Å²) >= 11 is 0.301. The molecule has 2 nitrogen and oxygen atoms in total. The van der Waals surface area contributed by atoms with Crippen LogP contribution in [0, 0.1) is 0 Å². The van der Waals surface area contributed by atoms with Crippen molar-refractivity contribution in [3.05, 3.63) is 36.0 Å². The molecular formula is C11H10N2Se. The fraction of sp³-hybridized carbons (Fsp3) is 0.182. The van der Waals surface area contributed by atoms with E-state index in [0.29, 0.717) is 14.7 Å². The van der Waals surface area contributed by atoms with Crippen molar-refractivity contribution in [3.63, 3.8) is 0 Å². The molecule has 0 spiro atoms. The summed E-state index contributed by atoms with van der Waals surface area (Å²) < 4.78 is 6.08. The van der Waals surface area contributed by atoms with E-state index in [0.717, 1.165) is 13.1 Å². The van der Waals surface area contributed by atoms with Crippen molar-refractivity contribution >= 4 is 30.0 Å². The number of fused-ring (bicyclic) bond motifs is 1. The van der Waals surface area contributed by atoms with Crippen LogP contribution in [0.1, 0.15) is 5.69 Å². The van der Waals surface area contributed by atoms with Crippen LogP contribution >= 0.6 is 0 Å². The van der Waals surface area contributed by atoms with Crippen LogP contribution in [0.15, 0.2) is 30.3 Å². The molecule has 0 amide bonds. The van der Waals surface area contributed by atoms with Crippen LogP contribution in [0.25, 0.3) is 15.2 Å². The third-order valence-corrected chi connectivity index (χ3v) is 4.22. The fourth-order valence-electron chi connectivity index (χ4n) is 1.77. The summed E-state index contributed by atoms with van der Waals surface area (Å²) in [4.78, 5) is 0. The predicted molar refractivity (Wildman–Crippen MR) is 59.5 cm³/mol. The molecule has 0 atom stereocenters. The van der Waals surface area contributed by atoms with Gasteiger partial charge in [-0.15, -0.1) is 0 Å². The first-order valence-electron chi connectivity index (χ1n) is 4.70. The molecule has 70 valence electrons. The second-order valence-corrected chi connectivity index (χ2v) is 5.08. The van der Waals surface area contributed by atoms with Crippen molar-refractivity contribution in [3.8, 4) is 0 Å². The SMILES string of the molecule is C1=C(c2n[se]c3ccccc23)CNC1. The van der Waals surface area contributed by atoms with Crippen molar-refractivity contribution in [1.82, 2.24) is 9.30 Å². The van der Waals surface area contributed by atoms with Gasteiger partial charge in [0.2, 0.25) is 0 Å². The number of benzene rings is 1. The minimum absolute atomic E-state index is 0.301. The van der Waals surface area contributed by atoms with Crippen LogP contribution in [0.5, 0.6) is 0 Å². The Kier molecular flexibility index (Phi) is 2.02. The fourth-order valence-corrected chi connectivity index (χ4v) is 3.47. The Labute approximate surface area is 88.6 Å². The summed E-state index contributed by atoms with van der Waals surface area (Å²) in [6.45, 7) is 1.97. The van der Waals surface area contributed by atoms with Gasteiger partial charge in [-0.3, -0.25) is 0 Å². The molecule has 0 aliphatic carbocycles. The zero-order valence-corrected chi connectivity index (χ0v) is 9.37. The van der Waals surface area contributed by atoms with Crippen LogP contribution in [-0.2, 0) is 0 Å². The van der Waals surface area contributed by atoms with Gasteiger partial charge in [-0.2, -0.15) is 0 Å². The van der Waals surface area contributed by atoms with E-state index in [4.69, 9.17) is 0 Å². The molecule has 0 unspecified atom stereocenters. The summed E-state index contributed by atoms with van der Waals surface area (Å²) in [6, 6.07) is 8.57. The quantitative estimate of drug-likeness (QED) is 0.770. The molecule has 0 radical (unpaired) electrons. The molecule has 1 aromatic carbocycles. The number of hydrogen-bond acceptors (Lipinski definition) is 2. The summed E-state index contributed by atoms with van der Waals surface area (Å²) in [6.07, 6.45) is 2.25. The zero-order valence-electron chi connectivity index (χ0n) is 7.66. The standard InChI is InChI=1S/C11H10N2Se/c1-2-4-10-9(3-1)11(13-14-10)8-5-6-12-7-8/h1-5,12H,6-7H2. The van der Waals surface area contributed by atoms with E-state index in [1.165, 1.54) is 20.9 Å². The van der Waals surface area contributed by atoms with Crippen LogP contribution < -0.4 is 5.32 Å². The molecular weight excluding hydrogens is 239 g/mol. The van der Waals surface area contributed by atoms with E-state index in [1.807, 2.05) is 0 Å². The van der Waals surface area contributed by atoms with Crippen LogP contribution in [0.2, 0.25) is 0 Å². The Morgan fingerprint density at radius 3 is 3.07 bits per heavy atom. The first-order valence-corrected chi connectivity index (χ1v) is 6.32. The summed E-state index contributed by atoms with van der Waals surface area (Å²) in [5.74, 6) is 0. The van der Waals surface area contributed by atoms with Gasteiger partial charge >= 0.3 is 88.4 Å². The Hall–Kier alpha value is -0.891. The number of hydrogen-bond donors (Lipinski definition) is 1. The monoisotopic (exact) mass is 250 g/mol. The molecule has 3 rings (SSSR count). The summed E-state index contributed by atoms with van der Waals surface area (Å²) in [7, 11) is 0. The molecule has 0 fully saturated rings. The Morgan fingerprint density at radius 2 is 2.21 bits per heavy atom. The minimum atomic E-state index is 0.301. The molecule has 2 aromatic rings. The van der Waals surface area contributed by atoms with E-state index in [9.17, 15) is 0 Å². The number of nitrogens with one attached hydrogen (secondary N) is 1. The van der Waals surface area contributed by atoms with Crippen LogP contribution in [0.4, 0.5) is 0 Å². The van der Waals surface area contributed by atoms with Gasteiger partial charge in [0.15, 0.2) is 0 Å². The van der Waals surface area contributed by atoms with E-state index in [2.05, 4.69) is 39.6 Å². The van der Waals surface area contributed by atoms with Gasteiger partial charge in [0.05, 0.1) is 0 Å². The van der Waals surface area contributed by atoms with Gasteiger partial charge in [0.1, 0.15) is 0 Å². The van der Waals surface area contributed by atoms with Gasteiger partial charge in [0, 0.05) is 0 Å². The van der Waals surface area contributed by atoms with Crippen molar-refractivity contribution in [1.29, 1.82) is 0 Å². The van der Waals surface area contributed by atoms with E-state index in [-0.39, 0.29) is 0 Å². The topological polar surface area (TPSA) is 24.9 Å². The average Bonchev–Trinajstić information content (AvgIpc) is 2.85. The normalized spacial score (nSPS) is 16.1. The Bertz CT molecular complexity index is 499. The predicted octanol–water partition coefficient (Wildman–Crippen LogP) is 1.28. The van der Waals surface area contributed by atoms with E-state index in [1.54, 1.807) is 0 Å². The third kappa shape index (κ3) is 1.25. The molecule has 2 heterocycles. The maximum atomic E-state index is 4.66. The Balaban J connectivity index is 2.21. The average molecular weight is 249 g/mol. The molecule has 0 saturated carbocycles. The van der Waals surface area contributed by atoms with Crippen molar-refractivity contribution in [2.45, 2.75) is 0 Å². The zero-order chi connectivity index (χ0) is 9.38. The number of rotatable bonds is 1. The molecule has 0 saturated heterocycles. The van der Waals surface area contributed by atoms with Crippen molar-refractivity contribution < 1.29 is 0 Å². The molecule has 1 aromatic heterocycles. The molecule has 1 aliphatic rings. The van der Waals surface area contributed by atoms with Crippen molar-refractivity contribution in [2.24, 2.45) is 0 Å². The first-order chi connectivity index (χ1) is 6.95. The van der Waals surface area contributed by atoms with E-state index < -0.39 is 0 Å². The molecule has 0 bridgehead atoms. The van der Waals surface area contributed by atoms with Gasteiger partial charge in [-0.1, -0.05) is 0 Å². The van der Waals surface area contributed by atoms with Crippen LogP contribution in [-0.4, -0.2) is 31.8 Å². The van der Waals surface area contributed by atoms with Gasteiger partial charge in [-0.25, -0.2) is 0 Å². The van der Waals surface area contributed by atoms with Gasteiger partial charge < -0.3 is 0 Å². The molecule has 14 heavy (non-hydrogen) atoms. The van der Waals surface area contributed by atoms with Gasteiger partial charge in [-0.05, 0) is 0 Å². The number of nitrogens with zero attached hydrogens (tertiary/aromatic N) is 1. The summed E-state index contributed by atoms with van der Waals surface area (Å²) in [5, 5.41) is 4.66. The molecule has 1 aliphatic heterocycles. The van der Waals surface area contributed by atoms with Crippen LogP contribution in [0.3, 0.4) is 0 Å². The number of aromatic nitrogens is 1. The third-order valence-electron chi connectivity index (χ3n) is 2.49. The van der Waals surface area contributed by atoms with Gasteiger partial charge in [0.25, 0.3) is 0 Å².